The number of nitrogens with zero attached hydrogens (tertiary/aromatic N) is 2. The molecule has 0 saturated heterocycles. The largest absolute Gasteiger partial charge is 0.310 e. The lowest BCUT2D eigenvalue weighted by Gasteiger charge is -2.44. The summed E-state index contributed by atoms with van der Waals surface area (Å²) in [6.07, 6.45) is 0. The predicted octanol–water partition coefficient (Wildman–Crippen LogP) is 15.1. The summed E-state index contributed by atoms with van der Waals surface area (Å²) in [5.41, 5.74) is 13.6. The van der Waals surface area contributed by atoms with Crippen LogP contribution in [0.15, 0.2) is 180 Å². The van der Waals surface area contributed by atoms with E-state index in [0.29, 0.717) is 0 Å². The summed E-state index contributed by atoms with van der Waals surface area (Å²) in [5, 5.41) is 15.6. The molecule has 2 aliphatic rings. The van der Waals surface area contributed by atoms with E-state index in [1.54, 1.807) is 11.3 Å². The Bertz CT molecular complexity index is 3280. The second-order valence-electron chi connectivity index (χ2n) is 14.9. The van der Waals surface area contributed by atoms with E-state index >= 15 is 0 Å². The van der Waals surface area contributed by atoms with Crippen molar-refractivity contribution in [3.63, 3.8) is 0 Å². The number of aromatic nitrogens is 1. The second kappa shape index (κ2) is 11.4. The molecule has 5 heterocycles. The first kappa shape index (κ1) is 31.0. The van der Waals surface area contributed by atoms with E-state index in [1.165, 1.54) is 103 Å². The van der Waals surface area contributed by atoms with Crippen LogP contribution in [0.4, 0.5) is 17.1 Å². The van der Waals surface area contributed by atoms with Crippen LogP contribution in [0.3, 0.4) is 0 Å². The summed E-state index contributed by atoms with van der Waals surface area (Å²) in [6, 6.07) is 61.5. The summed E-state index contributed by atoms with van der Waals surface area (Å²) in [5.74, 6) is 0. The summed E-state index contributed by atoms with van der Waals surface area (Å²) >= 11 is 5.55. The van der Waals surface area contributed by atoms with Gasteiger partial charge >= 0.3 is 0 Å². The number of hydrogen-bond acceptors (Lipinski definition) is 4. The van der Waals surface area contributed by atoms with E-state index in [-0.39, 0.29) is 0 Å². The van der Waals surface area contributed by atoms with Gasteiger partial charge < -0.3 is 9.47 Å². The summed E-state index contributed by atoms with van der Waals surface area (Å²) in [4.78, 5) is 5.33. The molecule has 5 heteroatoms. The smallest absolute Gasteiger partial charge is 0.0999 e. The Balaban J connectivity index is 1.12. The Labute approximate surface area is 335 Å². The average Bonchev–Trinajstić information content (AvgIpc) is 4.10. The van der Waals surface area contributed by atoms with Gasteiger partial charge in [-0.2, -0.15) is 0 Å². The van der Waals surface area contributed by atoms with Crippen molar-refractivity contribution in [1.29, 1.82) is 0 Å². The van der Waals surface area contributed by atoms with Crippen molar-refractivity contribution in [2.45, 2.75) is 5.41 Å². The fraction of sp³-hybridized carbons (Fsp3) is 0.0196. The van der Waals surface area contributed by atoms with Crippen molar-refractivity contribution >= 4 is 94.4 Å². The molecule has 11 aromatic rings. The van der Waals surface area contributed by atoms with Crippen molar-refractivity contribution < 1.29 is 0 Å². The van der Waals surface area contributed by atoms with Crippen LogP contribution in [-0.4, -0.2) is 4.57 Å². The standard InChI is InChI=1S/C51H30N2S3/c1-3-12-35-32(10-1)28-33-11-2-4-13-36(33)48(35)31-19-21-34(22-20-31)52-44-17-8-6-15-39(44)51(40-23-26-55-49(40)50-41(51)24-27-56-50)42-30-45-38(29-46(42)52)37-14-5-7-16-43(37)53(45)47-18-9-25-54-47/h1-30H. The van der Waals surface area contributed by atoms with Crippen LogP contribution in [0, 0.1) is 0 Å². The Morgan fingerprint density at radius 1 is 0.411 bits per heavy atom. The Morgan fingerprint density at radius 3 is 1.79 bits per heavy atom. The third kappa shape index (κ3) is 3.94. The first-order chi connectivity index (χ1) is 27.8. The number of para-hydroxylation sites is 2. The van der Waals surface area contributed by atoms with Gasteiger partial charge in [0.1, 0.15) is 0 Å². The highest BCUT2D eigenvalue weighted by molar-refractivity contribution is 7.21. The monoisotopic (exact) mass is 766 g/mol. The molecule has 13 rings (SSSR count). The van der Waals surface area contributed by atoms with Gasteiger partial charge in [0.15, 0.2) is 0 Å². The molecule has 7 aromatic carbocycles. The van der Waals surface area contributed by atoms with Crippen LogP contribution in [0.2, 0.25) is 0 Å². The van der Waals surface area contributed by atoms with Crippen LogP contribution in [0.1, 0.15) is 22.3 Å². The van der Waals surface area contributed by atoms with E-state index in [4.69, 9.17) is 0 Å². The molecule has 0 fully saturated rings. The minimum Gasteiger partial charge on any atom is -0.310 e. The molecule has 0 amide bonds. The van der Waals surface area contributed by atoms with Crippen LogP contribution < -0.4 is 4.90 Å². The minimum absolute atomic E-state index is 0.445. The Morgan fingerprint density at radius 2 is 1.07 bits per heavy atom. The molecule has 0 saturated carbocycles. The van der Waals surface area contributed by atoms with Gasteiger partial charge in [0, 0.05) is 26.2 Å². The third-order valence-electron chi connectivity index (χ3n) is 12.2. The first-order valence-electron chi connectivity index (χ1n) is 19.0. The van der Waals surface area contributed by atoms with Crippen molar-refractivity contribution in [3.05, 3.63) is 202 Å². The van der Waals surface area contributed by atoms with Crippen LogP contribution in [-0.2, 0) is 5.41 Å². The molecule has 2 nitrogen and oxygen atoms in total. The fourth-order valence-electron chi connectivity index (χ4n) is 10.1. The number of hydrogen-bond donors (Lipinski definition) is 0. The van der Waals surface area contributed by atoms with E-state index in [1.807, 2.05) is 22.7 Å². The maximum Gasteiger partial charge on any atom is 0.0999 e. The third-order valence-corrected chi connectivity index (χ3v) is 15.1. The molecule has 0 atom stereocenters. The van der Waals surface area contributed by atoms with Gasteiger partial charge in [-0.15, -0.1) is 34.0 Å². The number of benzene rings is 7. The van der Waals surface area contributed by atoms with E-state index in [0.717, 1.165) is 5.69 Å². The molecule has 0 radical (unpaired) electrons. The Kier molecular flexibility index (Phi) is 6.32. The lowest BCUT2D eigenvalue weighted by atomic mass is 9.65. The summed E-state index contributed by atoms with van der Waals surface area (Å²) in [6.45, 7) is 0. The Hall–Kier alpha value is -6.24. The maximum absolute atomic E-state index is 2.54. The molecule has 0 bridgehead atoms. The van der Waals surface area contributed by atoms with E-state index in [9.17, 15) is 0 Å². The molecule has 262 valence electrons. The lowest BCUT2D eigenvalue weighted by Crippen LogP contribution is -2.35. The van der Waals surface area contributed by atoms with Crippen LogP contribution >= 0.6 is 34.0 Å². The zero-order valence-electron chi connectivity index (χ0n) is 29.9. The molecular formula is C51H30N2S3. The quantitative estimate of drug-likeness (QED) is 0.163. The van der Waals surface area contributed by atoms with Crippen molar-refractivity contribution in [1.82, 2.24) is 4.57 Å². The van der Waals surface area contributed by atoms with Gasteiger partial charge in [-0.1, -0.05) is 97.1 Å². The summed E-state index contributed by atoms with van der Waals surface area (Å²) in [7, 11) is 0. The van der Waals surface area contributed by atoms with Gasteiger partial charge in [-0.25, -0.2) is 0 Å². The van der Waals surface area contributed by atoms with Gasteiger partial charge in [0.2, 0.25) is 0 Å². The van der Waals surface area contributed by atoms with Gasteiger partial charge in [0.25, 0.3) is 0 Å². The predicted molar refractivity (Wildman–Crippen MR) is 240 cm³/mol. The van der Waals surface area contributed by atoms with E-state index < -0.39 is 5.41 Å². The maximum atomic E-state index is 2.54. The fourth-order valence-corrected chi connectivity index (χ4v) is 12.9. The highest BCUT2D eigenvalue weighted by Crippen LogP contribution is 2.66. The highest BCUT2D eigenvalue weighted by atomic mass is 32.1. The van der Waals surface area contributed by atoms with Gasteiger partial charge in [-0.3, -0.25) is 0 Å². The first-order valence-corrected chi connectivity index (χ1v) is 21.6. The number of rotatable bonds is 3. The molecular weight excluding hydrogens is 737 g/mol. The van der Waals surface area contributed by atoms with Crippen molar-refractivity contribution in [3.8, 4) is 25.9 Å². The molecule has 1 spiro atoms. The highest BCUT2D eigenvalue weighted by Gasteiger charge is 2.53. The van der Waals surface area contributed by atoms with Crippen LogP contribution in [0.25, 0.3) is 69.2 Å². The zero-order chi connectivity index (χ0) is 36.5. The second-order valence-corrected chi connectivity index (χ2v) is 17.6. The van der Waals surface area contributed by atoms with Crippen LogP contribution in [0.5, 0.6) is 0 Å². The molecule has 0 N–H and O–H groups in total. The molecule has 1 aliphatic heterocycles. The normalized spacial score (nSPS) is 13.8. The van der Waals surface area contributed by atoms with Crippen molar-refractivity contribution in [2.24, 2.45) is 0 Å². The molecule has 0 unspecified atom stereocenters. The molecule has 56 heavy (non-hydrogen) atoms. The van der Waals surface area contributed by atoms with E-state index in [2.05, 4.69) is 189 Å². The lowest BCUT2D eigenvalue weighted by molar-refractivity contribution is 0.757. The number of thiophene rings is 3. The van der Waals surface area contributed by atoms with Gasteiger partial charge in [0.05, 0.1) is 32.8 Å². The minimum atomic E-state index is -0.445. The summed E-state index contributed by atoms with van der Waals surface area (Å²) < 4.78 is 2.48. The van der Waals surface area contributed by atoms with Gasteiger partial charge in [-0.05, 0) is 138 Å². The van der Waals surface area contributed by atoms with Crippen molar-refractivity contribution in [2.75, 3.05) is 4.90 Å². The SMILES string of the molecule is c1csc(-n2c3ccccc3c3cc4c(cc32)C2(c3ccccc3N4c3ccc(-c4c5ccccc5cc5ccccc45)cc3)c3ccsc3-c3sccc32)c1. The average molecular weight is 767 g/mol. The number of anilines is 3. The molecule has 4 aromatic heterocycles. The molecule has 1 aliphatic carbocycles. The zero-order valence-corrected chi connectivity index (χ0v) is 32.4. The number of fused-ring (bicyclic) bond motifs is 14. The topological polar surface area (TPSA) is 8.17 Å².